The number of nitrogens with zero attached hydrogens (tertiary/aromatic N) is 2. The van der Waals surface area contributed by atoms with Gasteiger partial charge in [-0.3, -0.25) is 0 Å². The average molecular weight is 1210 g/mol. The van der Waals surface area contributed by atoms with E-state index in [9.17, 15) is 0 Å². The van der Waals surface area contributed by atoms with E-state index < -0.39 is 0 Å². The molecule has 0 radical (unpaired) electrons. The van der Waals surface area contributed by atoms with Crippen LogP contribution in [0.3, 0.4) is 0 Å². The quantitative estimate of drug-likeness (QED) is 0.0839. The fourth-order valence-electron chi connectivity index (χ4n) is 12.8. The molecule has 0 aliphatic carbocycles. The molecule has 2 heteroatoms. The zero-order valence-electron chi connectivity index (χ0n) is 53.5. The predicted molar refractivity (Wildman–Crippen MR) is 404 cm³/mol. The highest BCUT2D eigenvalue weighted by molar-refractivity contribution is 6.00. The van der Waals surface area contributed by atoms with Gasteiger partial charge in [0.05, 0.1) is 0 Å². The Balaban J connectivity index is 0.767. The molecule has 94 heavy (non-hydrogen) atoms. The lowest BCUT2D eigenvalue weighted by Crippen LogP contribution is -2.10. The Morgan fingerprint density at radius 1 is 0.223 bits per heavy atom. The molecule has 14 aromatic rings. The molecule has 14 rings (SSSR count). The van der Waals surface area contributed by atoms with Crippen molar-refractivity contribution in [3.63, 3.8) is 0 Å². The van der Waals surface area contributed by atoms with Crippen molar-refractivity contribution in [2.45, 2.75) is 27.7 Å². The monoisotopic (exact) mass is 1200 g/mol. The van der Waals surface area contributed by atoms with Crippen LogP contribution in [0.15, 0.2) is 364 Å². The Hall–Kier alpha value is -11.8. The number of fused-ring (bicyclic) bond motifs is 2. The van der Waals surface area contributed by atoms with Crippen LogP contribution < -0.4 is 9.80 Å². The third-order valence-corrected chi connectivity index (χ3v) is 18.1. The smallest absolute Gasteiger partial charge is 0.0462 e. The van der Waals surface area contributed by atoms with Gasteiger partial charge >= 0.3 is 0 Å². The zero-order valence-corrected chi connectivity index (χ0v) is 53.5. The number of allylic oxidation sites excluding steroid dienone is 6. The summed E-state index contributed by atoms with van der Waals surface area (Å²) < 4.78 is 0. The van der Waals surface area contributed by atoms with Crippen LogP contribution in [0.25, 0.3) is 77.2 Å². The van der Waals surface area contributed by atoms with Crippen LogP contribution in [-0.4, -0.2) is 0 Å². The van der Waals surface area contributed by atoms with Gasteiger partial charge in [-0.05, 0) is 211 Å². The van der Waals surface area contributed by atoms with Crippen molar-refractivity contribution < 1.29 is 0 Å². The molecule has 0 unspecified atom stereocenters. The van der Waals surface area contributed by atoms with E-state index in [1.165, 1.54) is 99.5 Å². The van der Waals surface area contributed by atoms with E-state index in [0.717, 1.165) is 56.4 Å². The molecule has 14 aromatic carbocycles. The van der Waals surface area contributed by atoms with Gasteiger partial charge in [0, 0.05) is 34.1 Å². The van der Waals surface area contributed by atoms with Gasteiger partial charge in [0.25, 0.3) is 0 Å². The van der Waals surface area contributed by atoms with Crippen molar-refractivity contribution in [3.05, 3.63) is 409 Å². The highest BCUT2D eigenvalue weighted by atomic mass is 15.1. The predicted octanol–water partition coefficient (Wildman–Crippen LogP) is 25.6. The topological polar surface area (TPSA) is 6.48 Å². The van der Waals surface area contributed by atoms with E-state index in [1.807, 2.05) is 0 Å². The highest BCUT2D eigenvalue weighted by Gasteiger charge is 2.18. The first-order valence-electron chi connectivity index (χ1n) is 32.4. The van der Waals surface area contributed by atoms with Crippen LogP contribution in [0.2, 0.25) is 0 Å². The molecule has 2 nitrogen and oxygen atoms in total. The fourth-order valence-corrected chi connectivity index (χ4v) is 12.8. The summed E-state index contributed by atoms with van der Waals surface area (Å²) in [7, 11) is 0. The molecule has 0 heterocycles. The molecule has 0 atom stereocenters. The van der Waals surface area contributed by atoms with E-state index in [0.29, 0.717) is 0 Å². The molecule has 0 saturated carbocycles. The van der Waals surface area contributed by atoms with Gasteiger partial charge in [0.15, 0.2) is 0 Å². The number of rotatable bonds is 17. The van der Waals surface area contributed by atoms with Crippen molar-refractivity contribution in [2.24, 2.45) is 0 Å². The first-order valence-corrected chi connectivity index (χ1v) is 32.4. The summed E-state index contributed by atoms with van der Waals surface area (Å²) in [6.07, 6.45) is 9.09. The summed E-state index contributed by atoms with van der Waals surface area (Å²) in [4.78, 5) is 4.72. The number of benzene rings is 14. The molecule has 0 N–H and O–H groups in total. The van der Waals surface area contributed by atoms with Gasteiger partial charge in [-0.25, -0.2) is 0 Å². The van der Waals surface area contributed by atoms with Crippen LogP contribution in [0.1, 0.15) is 58.4 Å². The van der Waals surface area contributed by atoms with Crippen LogP contribution in [0.4, 0.5) is 34.1 Å². The minimum atomic E-state index is 1.07. The van der Waals surface area contributed by atoms with Gasteiger partial charge in [-0.1, -0.05) is 302 Å². The number of aryl methyl sites for hydroxylation is 2. The van der Waals surface area contributed by atoms with Gasteiger partial charge in [-0.2, -0.15) is 0 Å². The molecule has 0 spiro atoms. The van der Waals surface area contributed by atoms with Gasteiger partial charge in [0.2, 0.25) is 0 Å². The SMILES string of the molecule is CC(=CC=C(c1ccccc1)c1cccc2ccccc12)c1ccc(N(c2ccc(-c3ccc(C)cc3)cc2)c2ccc(-c3ccc(N(c4ccc(C(C)=CC=C(c5ccccc5)c5cccc6ccccc56)cc4)c4ccc(-c5ccc(C)cc5)cc4)cc3)cc2)cc1. The first-order chi connectivity index (χ1) is 46.2. The van der Waals surface area contributed by atoms with Crippen molar-refractivity contribution >= 4 is 78.0 Å². The van der Waals surface area contributed by atoms with Crippen LogP contribution in [0.5, 0.6) is 0 Å². The van der Waals surface area contributed by atoms with Gasteiger partial charge < -0.3 is 9.80 Å². The maximum absolute atomic E-state index is 2.36. The van der Waals surface area contributed by atoms with E-state index in [4.69, 9.17) is 0 Å². The second-order valence-electron chi connectivity index (χ2n) is 24.3. The normalized spacial score (nSPS) is 12.1. The molecule has 0 aliphatic rings. The fraction of sp³-hybridized carbons (Fsp3) is 0.0435. The minimum Gasteiger partial charge on any atom is -0.311 e. The molecule has 0 amide bonds. The maximum Gasteiger partial charge on any atom is 0.0462 e. The highest BCUT2D eigenvalue weighted by Crippen LogP contribution is 2.41. The zero-order chi connectivity index (χ0) is 63.7. The summed E-state index contributed by atoms with van der Waals surface area (Å²) in [5, 5.41) is 4.94. The lowest BCUT2D eigenvalue weighted by molar-refractivity contribution is 1.28. The van der Waals surface area contributed by atoms with E-state index >= 15 is 0 Å². The number of hydrogen-bond acceptors (Lipinski definition) is 2. The molecule has 0 aromatic heterocycles. The van der Waals surface area contributed by atoms with Crippen LogP contribution in [0, 0.1) is 13.8 Å². The van der Waals surface area contributed by atoms with E-state index in [1.54, 1.807) is 0 Å². The molecule has 450 valence electrons. The molecule has 0 saturated heterocycles. The van der Waals surface area contributed by atoms with Gasteiger partial charge in [-0.15, -0.1) is 0 Å². The third-order valence-electron chi connectivity index (χ3n) is 18.1. The largest absolute Gasteiger partial charge is 0.311 e. The van der Waals surface area contributed by atoms with E-state index in [2.05, 4.69) is 402 Å². The third kappa shape index (κ3) is 13.1. The summed E-state index contributed by atoms with van der Waals surface area (Å²) in [5.41, 5.74) is 27.9. The Morgan fingerprint density at radius 3 is 0.787 bits per heavy atom. The lowest BCUT2D eigenvalue weighted by atomic mass is 9.92. The molecule has 0 bridgehead atoms. The second-order valence-corrected chi connectivity index (χ2v) is 24.3. The average Bonchev–Trinajstić information content (AvgIpc) is 0.841. The molecular formula is C92H72N2. The Bertz CT molecular complexity index is 4720. The van der Waals surface area contributed by atoms with Crippen molar-refractivity contribution in [1.29, 1.82) is 0 Å². The Morgan fingerprint density at radius 2 is 0.479 bits per heavy atom. The van der Waals surface area contributed by atoms with Crippen LogP contribution in [-0.2, 0) is 0 Å². The summed E-state index contributed by atoms with van der Waals surface area (Å²) in [5.74, 6) is 0. The summed E-state index contributed by atoms with van der Waals surface area (Å²) >= 11 is 0. The number of anilines is 6. The lowest BCUT2D eigenvalue weighted by Gasteiger charge is -2.27. The second kappa shape index (κ2) is 27.3. The Labute approximate surface area is 554 Å². The van der Waals surface area contributed by atoms with Crippen molar-refractivity contribution in [1.82, 2.24) is 0 Å². The summed E-state index contributed by atoms with van der Waals surface area (Å²) in [6.45, 7) is 8.68. The van der Waals surface area contributed by atoms with Crippen molar-refractivity contribution in [3.8, 4) is 33.4 Å². The molecular weight excluding hydrogens is 1130 g/mol. The maximum atomic E-state index is 2.36. The molecule has 0 fully saturated rings. The van der Waals surface area contributed by atoms with Crippen LogP contribution >= 0.6 is 0 Å². The van der Waals surface area contributed by atoms with E-state index in [-0.39, 0.29) is 0 Å². The molecule has 0 aliphatic heterocycles. The Kier molecular flexibility index (Phi) is 17.4. The first kappa shape index (κ1) is 59.8. The minimum absolute atomic E-state index is 1.07. The van der Waals surface area contributed by atoms with Gasteiger partial charge in [0.1, 0.15) is 0 Å². The number of hydrogen-bond donors (Lipinski definition) is 0. The summed E-state index contributed by atoms with van der Waals surface area (Å²) in [6, 6.07) is 123. The standard InChI is InChI=1S/C92H72N2/c1-65-29-35-71(36-30-65)73-43-55-83(56-44-73)93(81-51-39-69(40-52-81)67(3)33-63-89(77-17-7-5-8-18-77)91-27-15-23-79-21-11-13-25-87(79)91)85-59-47-75(48-60-85)76-49-61-86(62-50-76)94(84-57-45-74(46-58-84)72-37-31-66(2)32-38-72)82-53-41-70(42-54-82)68(4)34-64-90(78-19-9-6-10-20-78)92-28-16-24-80-22-12-14-26-88(80)92/h5-64H,1-4H3. The van der Waals surface area contributed by atoms with Crippen molar-refractivity contribution in [2.75, 3.05) is 9.80 Å².